The lowest BCUT2D eigenvalue weighted by atomic mass is 10.3. The molecule has 0 aliphatic heterocycles. The van der Waals surface area contributed by atoms with Crippen LogP contribution in [0.3, 0.4) is 0 Å². The molecule has 3 nitrogen and oxygen atoms in total. The number of likely N-dealkylation sites (N-methyl/N-ethyl adjacent to an activating group) is 1. The van der Waals surface area contributed by atoms with E-state index in [0.717, 1.165) is 18.5 Å². The number of halogens is 1. The highest BCUT2D eigenvalue weighted by atomic mass is 19.1. The van der Waals surface area contributed by atoms with Gasteiger partial charge in [-0.3, -0.25) is 0 Å². The van der Waals surface area contributed by atoms with Gasteiger partial charge in [-0.1, -0.05) is 13.8 Å². The molecular weight excluding hydrogens is 219 g/mol. The predicted octanol–water partition coefficient (Wildman–Crippen LogP) is 2.45. The Kier molecular flexibility index (Phi) is 13.4. The van der Waals surface area contributed by atoms with E-state index >= 15 is 0 Å². The summed E-state index contributed by atoms with van der Waals surface area (Å²) in [7, 11) is 1.93. The molecule has 1 aromatic rings. The molecule has 4 heteroatoms. The van der Waals surface area contributed by atoms with Crippen LogP contribution in [-0.2, 0) is 4.79 Å². The Morgan fingerprint density at radius 2 is 1.71 bits per heavy atom. The lowest BCUT2D eigenvalue weighted by Gasteiger charge is -2.17. The highest BCUT2D eigenvalue weighted by molar-refractivity contribution is 5.45. The highest BCUT2D eigenvalue weighted by Crippen LogP contribution is 2.11. The second kappa shape index (κ2) is 12.6. The monoisotopic (exact) mass is 242 g/mol. The van der Waals surface area contributed by atoms with Gasteiger partial charge in [-0.15, -0.1) is 0 Å². The van der Waals surface area contributed by atoms with Crippen molar-refractivity contribution in [1.82, 2.24) is 0 Å². The maximum absolute atomic E-state index is 12.5. The Hall–Kier alpha value is -1.42. The molecule has 0 fully saturated rings. The minimum atomic E-state index is -0.208. The number of benzene rings is 1. The number of carbonyl (C=O) groups is 1. The van der Waals surface area contributed by atoms with Gasteiger partial charge in [0.15, 0.2) is 0 Å². The molecule has 0 saturated heterocycles. The number of anilines is 1. The Bertz CT molecular complexity index is 275. The first kappa shape index (κ1) is 18.0. The molecule has 0 amide bonds. The van der Waals surface area contributed by atoms with Gasteiger partial charge in [0.1, 0.15) is 12.1 Å². The summed E-state index contributed by atoms with van der Waals surface area (Å²) in [6.45, 7) is 6.83. The van der Waals surface area contributed by atoms with Gasteiger partial charge in [0.2, 0.25) is 0 Å². The van der Waals surface area contributed by atoms with Crippen LogP contribution >= 0.6 is 0 Å². The number of nitrogens with two attached hydrogens (primary N) is 1. The summed E-state index contributed by atoms with van der Waals surface area (Å²) < 4.78 is 12.5. The Morgan fingerprint density at radius 3 is 2.06 bits per heavy atom. The Labute approximate surface area is 103 Å². The lowest BCUT2D eigenvalue weighted by molar-refractivity contribution is -0.106. The highest BCUT2D eigenvalue weighted by Gasteiger charge is 1.98. The molecule has 0 saturated carbocycles. The summed E-state index contributed by atoms with van der Waals surface area (Å²) in [5.41, 5.74) is 6.37. The van der Waals surface area contributed by atoms with Gasteiger partial charge in [0.25, 0.3) is 0 Å². The van der Waals surface area contributed by atoms with E-state index in [1.165, 1.54) is 19.1 Å². The maximum Gasteiger partial charge on any atom is 0.123 e. The first-order valence-electron chi connectivity index (χ1n) is 5.72. The third-order valence-corrected chi connectivity index (χ3v) is 1.73. The second-order valence-electron chi connectivity index (χ2n) is 2.92. The van der Waals surface area contributed by atoms with Crippen molar-refractivity contribution in [2.75, 3.05) is 25.0 Å². The molecule has 98 valence electrons. The van der Waals surface area contributed by atoms with Gasteiger partial charge >= 0.3 is 0 Å². The summed E-state index contributed by atoms with van der Waals surface area (Å²) in [5.74, 6) is -0.208. The summed E-state index contributed by atoms with van der Waals surface area (Å²) in [6.07, 6.45) is 0.750. The molecule has 0 radical (unpaired) electrons. The van der Waals surface area contributed by atoms with Crippen LogP contribution in [0.5, 0.6) is 0 Å². The van der Waals surface area contributed by atoms with E-state index < -0.39 is 0 Å². The van der Waals surface area contributed by atoms with Crippen molar-refractivity contribution in [3.63, 3.8) is 0 Å². The van der Waals surface area contributed by atoms with E-state index in [4.69, 9.17) is 10.5 Å². The Morgan fingerprint density at radius 1 is 1.29 bits per heavy atom. The number of nitrogens with zero attached hydrogens (tertiary/aromatic N) is 1. The zero-order valence-electron chi connectivity index (χ0n) is 11.1. The first-order chi connectivity index (χ1) is 8.15. The quantitative estimate of drug-likeness (QED) is 0.828. The SMILES string of the molecule is CC.CC=O.CN(CCN)c1ccc(F)cc1. The molecule has 0 bridgehead atoms. The van der Waals surface area contributed by atoms with E-state index in [9.17, 15) is 4.39 Å². The van der Waals surface area contributed by atoms with Crippen LogP contribution in [0.25, 0.3) is 0 Å². The van der Waals surface area contributed by atoms with E-state index in [2.05, 4.69) is 0 Å². The number of hydrogen-bond acceptors (Lipinski definition) is 3. The summed E-state index contributed by atoms with van der Waals surface area (Å²) in [4.78, 5) is 10.8. The van der Waals surface area contributed by atoms with Crippen molar-refractivity contribution in [2.24, 2.45) is 5.73 Å². The maximum atomic E-state index is 12.5. The van der Waals surface area contributed by atoms with Crippen molar-refractivity contribution >= 4 is 12.0 Å². The van der Waals surface area contributed by atoms with Gasteiger partial charge in [0.05, 0.1) is 0 Å². The third-order valence-electron chi connectivity index (χ3n) is 1.73. The molecule has 0 aliphatic rings. The summed E-state index contributed by atoms with van der Waals surface area (Å²) in [5, 5.41) is 0. The van der Waals surface area contributed by atoms with Crippen molar-refractivity contribution in [3.8, 4) is 0 Å². The molecule has 2 N–H and O–H groups in total. The number of hydrogen-bond donors (Lipinski definition) is 1. The fraction of sp³-hybridized carbons (Fsp3) is 0.462. The molecule has 0 aliphatic carbocycles. The molecule has 17 heavy (non-hydrogen) atoms. The zero-order chi connectivity index (χ0) is 13.7. The van der Waals surface area contributed by atoms with Crippen molar-refractivity contribution < 1.29 is 9.18 Å². The molecule has 1 rings (SSSR count). The van der Waals surface area contributed by atoms with Gasteiger partial charge in [-0.2, -0.15) is 0 Å². The number of rotatable bonds is 3. The molecule has 0 atom stereocenters. The van der Waals surface area contributed by atoms with Crippen molar-refractivity contribution in [2.45, 2.75) is 20.8 Å². The predicted molar refractivity (Wildman–Crippen MR) is 71.8 cm³/mol. The summed E-state index contributed by atoms with van der Waals surface area (Å²) >= 11 is 0. The van der Waals surface area contributed by atoms with E-state index in [1.54, 1.807) is 12.1 Å². The lowest BCUT2D eigenvalue weighted by Crippen LogP contribution is -2.24. The van der Waals surface area contributed by atoms with Crippen LogP contribution in [0.2, 0.25) is 0 Å². The smallest absolute Gasteiger partial charge is 0.123 e. The zero-order valence-corrected chi connectivity index (χ0v) is 11.1. The van der Waals surface area contributed by atoms with Crippen LogP contribution in [0.4, 0.5) is 10.1 Å². The fourth-order valence-corrected chi connectivity index (χ4v) is 1.02. The minimum Gasteiger partial charge on any atom is -0.373 e. The normalized spacial score (nSPS) is 8.12. The van der Waals surface area contributed by atoms with E-state index in [-0.39, 0.29) is 5.82 Å². The number of carbonyl (C=O) groups excluding carboxylic acids is 1. The van der Waals surface area contributed by atoms with Gasteiger partial charge < -0.3 is 15.4 Å². The largest absolute Gasteiger partial charge is 0.373 e. The van der Waals surface area contributed by atoms with Gasteiger partial charge in [-0.05, 0) is 31.2 Å². The Balaban J connectivity index is 0. The second-order valence-corrected chi connectivity index (χ2v) is 2.92. The third kappa shape index (κ3) is 9.51. The average molecular weight is 242 g/mol. The van der Waals surface area contributed by atoms with E-state index in [0.29, 0.717) is 6.54 Å². The molecule has 1 aromatic carbocycles. The van der Waals surface area contributed by atoms with Crippen LogP contribution in [0.15, 0.2) is 24.3 Å². The number of aldehydes is 1. The average Bonchev–Trinajstić information content (AvgIpc) is 2.34. The molecule has 0 heterocycles. The first-order valence-corrected chi connectivity index (χ1v) is 5.72. The van der Waals surface area contributed by atoms with Crippen LogP contribution in [0.1, 0.15) is 20.8 Å². The topological polar surface area (TPSA) is 46.3 Å². The van der Waals surface area contributed by atoms with Crippen molar-refractivity contribution in [3.05, 3.63) is 30.1 Å². The molecular formula is C13H23FN2O. The molecule has 0 aromatic heterocycles. The van der Waals surface area contributed by atoms with Gasteiger partial charge in [-0.25, -0.2) is 4.39 Å². The van der Waals surface area contributed by atoms with Crippen molar-refractivity contribution in [1.29, 1.82) is 0 Å². The van der Waals surface area contributed by atoms with E-state index in [1.807, 2.05) is 25.8 Å². The molecule has 0 unspecified atom stereocenters. The van der Waals surface area contributed by atoms with Gasteiger partial charge in [0, 0.05) is 25.8 Å². The minimum absolute atomic E-state index is 0.208. The fourth-order valence-electron chi connectivity index (χ4n) is 1.02. The standard InChI is InChI=1S/C9H13FN2.C2H4O.C2H6/c1-12(7-6-11)9-4-2-8(10)3-5-9;1-2-3;1-2/h2-5H,6-7,11H2,1H3;2H,1H3;1-2H3. The van der Waals surface area contributed by atoms with Crippen LogP contribution in [0, 0.1) is 5.82 Å². The van der Waals surface area contributed by atoms with Crippen LogP contribution < -0.4 is 10.6 Å². The molecule has 0 spiro atoms. The summed E-state index contributed by atoms with van der Waals surface area (Å²) in [6, 6.07) is 6.38. The van der Waals surface area contributed by atoms with Crippen LogP contribution in [-0.4, -0.2) is 26.4 Å².